The van der Waals surface area contributed by atoms with E-state index in [2.05, 4.69) is 30.2 Å². The molecule has 26 heavy (non-hydrogen) atoms. The van der Waals surface area contributed by atoms with E-state index in [0.717, 1.165) is 43.4 Å². The Morgan fingerprint density at radius 3 is 2.65 bits per heavy atom. The Morgan fingerprint density at radius 1 is 1.15 bits per heavy atom. The lowest BCUT2D eigenvalue weighted by molar-refractivity contribution is -0.120. The Balaban J connectivity index is 1.40. The molecule has 8 nitrogen and oxygen atoms in total. The van der Waals surface area contributed by atoms with Gasteiger partial charge in [-0.15, -0.1) is 11.3 Å². The molecule has 1 aliphatic rings. The largest absolute Gasteiger partial charge is 0.356 e. The van der Waals surface area contributed by atoms with Crippen LogP contribution in [0.2, 0.25) is 0 Å². The van der Waals surface area contributed by atoms with Crippen LogP contribution < -0.4 is 10.2 Å². The number of amides is 1. The van der Waals surface area contributed by atoms with Gasteiger partial charge in [0.1, 0.15) is 23.8 Å². The van der Waals surface area contributed by atoms with Gasteiger partial charge < -0.3 is 10.2 Å². The van der Waals surface area contributed by atoms with Crippen molar-refractivity contribution in [3.8, 4) is 5.82 Å². The van der Waals surface area contributed by atoms with Gasteiger partial charge in [0.05, 0.1) is 0 Å². The van der Waals surface area contributed by atoms with E-state index in [1.54, 1.807) is 18.7 Å². The average Bonchev–Trinajstić information content (AvgIpc) is 3.33. The minimum absolute atomic E-state index is 0.00681. The van der Waals surface area contributed by atoms with Crippen molar-refractivity contribution in [3.63, 3.8) is 0 Å². The van der Waals surface area contributed by atoms with Gasteiger partial charge in [-0.1, -0.05) is 0 Å². The first kappa shape index (κ1) is 16.6. The maximum atomic E-state index is 12.4. The van der Waals surface area contributed by atoms with Crippen molar-refractivity contribution in [3.05, 3.63) is 42.2 Å². The van der Waals surface area contributed by atoms with E-state index in [1.807, 2.05) is 29.1 Å². The number of thiazole rings is 1. The summed E-state index contributed by atoms with van der Waals surface area (Å²) >= 11 is 1.44. The molecule has 0 saturated carbocycles. The second-order valence-electron chi connectivity index (χ2n) is 6.17. The minimum atomic E-state index is 0.00681. The monoisotopic (exact) mass is 369 g/mol. The van der Waals surface area contributed by atoms with Crippen LogP contribution in [-0.4, -0.2) is 43.5 Å². The third-order valence-electron chi connectivity index (χ3n) is 4.56. The van der Waals surface area contributed by atoms with Crippen LogP contribution >= 0.6 is 11.3 Å². The highest BCUT2D eigenvalue weighted by molar-refractivity contribution is 7.13. The second kappa shape index (κ2) is 7.20. The van der Waals surface area contributed by atoms with Gasteiger partial charge in [0.25, 0.3) is 0 Å². The van der Waals surface area contributed by atoms with Gasteiger partial charge in [-0.3, -0.25) is 9.36 Å². The minimum Gasteiger partial charge on any atom is -0.356 e. The fourth-order valence-corrected chi connectivity index (χ4v) is 3.66. The molecule has 3 aromatic rings. The molecule has 134 valence electrons. The molecule has 0 atom stereocenters. The first-order valence-corrected chi connectivity index (χ1v) is 9.36. The molecule has 1 fully saturated rings. The molecule has 4 heterocycles. The van der Waals surface area contributed by atoms with Gasteiger partial charge in [-0.25, -0.2) is 19.9 Å². The second-order valence-corrected chi connectivity index (χ2v) is 7.06. The molecule has 4 rings (SSSR count). The van der Waals surface area contributed by atoms with Crippen molar-refractivity contribution in [1.82, 2.24) is 24.5 Å². The number of carbonyl (C=O) groups is 1. The highest BCUT2D eigenvalue weighted by Gasteiger charge is 2.26. The predicted molar refractivity (Wildman–Crippen MR) is 99.6 cm³/mol. The molecule has 0 unspecified atom stereocenters. The number of aromatic nitrogens is 5. The van der Waals surface area contributed by atoms with Crippen molar-refractivity contribution < 1.29 is 4.79 Å². The molecule has 1 saturated heterocycles. The zero-order chi connectivity index (χ0) is 17.9. The lowest BCUT2D eigenvalue weighted by atomic mass is 9.96. The SMILES string of the molecule is Cc1nccn1-c1cc(N2CCC(C(=O)Nc3nccs3)CC2)ncn1. The molecule has 0 aromatic carbocycles. The first-order valence-electron chi connectivity index (χ1n) is 8.48. The zero-order valence-corrected chi connectivity index (χ0v) is 15.2. The van der Waals surface area contributed by atoms with Gasteiger partial charge in [0.15, 0.2) is 5.13 Å². The number of piperidine rings is 1. The standard InChI is InChI=1S/C17H19N7OS/c1-12-18-4-8-24(12)15-10-14(20-11-21-15)23-6-2-13(3-7-23)16(25)22-17-19-5-9-26-17/h4-5,8-11,13H,2-3,6-7H2,1H3,(H,19,22,25). The Bertz CT molecular complexity index is 884. The summed E-state index contributed by atoms with van der Waals surface area (Å²) in [6, 6.07) is 1.96. The molecule has 3 aromatic heterocycles. The summed E-state index contributed by atoms with van der Waals surface area (Å²) in [4.78, 5) is 31.6. The highest BCUT2D eigenvalue weighted by Crippen LogP contribution is 2.24. The number of nitrogens with zero attached hydrogens (tertiary/aromatic N) is 6. The van der Waals surface area contributed by atoms with Crippen molar-refractivity contribution in [2.24, 2.45) is 5.92 Å². The van der Waals surface area contributed by atoms with Crippen LogP contribution in [0.4, 0.5) is 10.9 Å². The van der Waals surface area contributed by atoms with Crippen LogP contribution in [0.25, 0.3) is 5.82 Å². The van der Waals surface area contributed by atoms with Gasteiger partial charge >= 0.3 is 0 Å². The smallest absolute Gasteiger partial charge is 0.229 e. The van der Waals surface area contributed by atoms with Crippen molar-refractivity contribution in [1.29, 1.82) is 0 Å². The van der Waals surface area contributed by atoms with Crippen LogP contribution in [0.15, 0.2) is 36.4 Å². The van der Waals surface area contributed by atoms with Crippen molar-refractivity contribution in [2.75, 3.05) is 23.3 Å². The summed E-state index contributed by atoms with van der Waals surface area (Å²) in [5.74, 6) is 2.62. The number of nitrogens with one attached hydrogen (secondary N) is 1. The van der Waals surface area contributed by atoms with Crippen LogP contribution in [0.1, 0.15) is 18.7 Å². The third-order valence-corrected chi connectivity index (χ3v) is 5.25. The number of aryl methyl sites for hydroxylation is 1. The summed E-state index contributed by atoms with van der Waals surface area (Å²) in [7, 11) is 0. The number of hydrogen-bond acceptors (Lipinski definition) is 7. The number of rotatable bonds is 4. The van der Waals surface area contributed by atoms with Gasteiger partial charge in [-0.2, -0.15) is 0 Å². The number of hydrogen-bond donors (Lipinski definition) is 1. The van der Waals surface area contributed by atoms with E-state index < -0.39 is 0 Å². The maximum absolute atomic E-state index is 12.4. The molecule has 0 aliphatic carbocycles. The molecule has 9 heteroatoms. The van der Waals surface area contributed by atoms with E-state index >= 15 is 0 Å². The summed E-state index contributed by atoms with van der Waals surface area (Å²) in [5.41, 5.74) is 0. The fraction of sp³-hybridized carbons (Fsp3) is 0.353. The molecule has 0 radical (unpaired) electrons. The molecule has 1 aliphatic heterocycles. The lowest BCUT2D eigenvalue weighted by Gasteiger charge is -2.32. The molecular weight excluding hydrogens is 350 g/mol. The van der Waals surface area contributed by atoms with E-state index in [4.69, 9.17) is 0 Å². The zero-order valence-electron chi connectivity index (χ0n) is 14.4. The van der Waals surface area contributed by atoms with Gasteiger partial charge in [0, 0.05) is 49.0 Å². The first-order chi connectivity index (χ1) is 12.7. The fourth-order valence-electron chi connectivity index (χ4n) is 3.13. The van der Waals surface area contributed by atoms with E-state index in [9.17, 15) is 4.79 Å². The topological polar surface area (TPSA) is 88.8 Å². The number of anilines is 2. The Morgan fingerprint density at radius 2 is 1.96 bits per heavy atom. The van der Waals surface area contributed by atoms with Crippen molar-refractivity contribution >= 4 is 28.2 Å². The average molecular weight is 369 g/mol. The predicted octanol–water partition coefficient (Wildman–Crippen LogP) is 2.28. The van der Waals surface area contributed by atoms with Crippen LogP contribution in [0.5, 0.6) is 0 Å². The van der Waals surface area contributed by atoms with Crippen LogP contribution in [0.3, 0.4) is 0 Å². The maximum Gasteiger partial charge on any atom is 0.229 e. The van der Waals surface area contributed by atoms with Gasteiger partial charge in [0.2, 0.25) is 5.91 Å². The summed E-state index contributed by atoms with van der Waals surface area (Å²) in [6.07, 6.45) is 8.49. The van der Waals surface area contributed by atoms with E-state index in [1.165, 1.54) is 11.3 Å². The molecule has 1 N–H and O–H groups in total. The molecular formula is C17H19N7OS. The van der Waals surface area contributed by atoms with Gasteiger partial charge in [-0.05, 0) is 19.8 Å². The molecule has 0 bridgehead atoms. The van der Waals surface area contributed by atoms with E-state index in [0.29, 0.717) is 5.13 Å². The molecule has 1 amide bonds. The Hall–Kier alpha value is -2.81. The summed E-state index contributed by atoms with van der Waals surface area (Å²) in [6.45, 7) is 3.51. The van der Waals surface area contributed by atoms with Crippen LogP contribution in [0, 0.1) is 12.8 Å². The summed E-state index contributed by atoms with van der Waals surface area (Å²) in [5, 5.41) is 5.41. The quantitative estimate of drug-likeness (QED) is 0.759. The van der Waals surface area contributed by atoms with E-state index in [-0.39, 0.29) is 11.8 Å². The number of imidazole rings is 1. The van der Waals surface area contributed by atoms with Crippen LogP contribution in [-0.2, 0) is 4.79 Å². The number of carbonyl (C=O) groups excluding carboxylic acids is 1. The van der Waals surface area contributed by atoms with Crippen molar-refractivity contribution in [2.45, 2.75) is 19.8 Å². The lowest BCUT2D eigenvalue weighted by Crippen LogP contribution is -2.38. The summed E-state index contributed by atoms with van der Waals surface area (Å²) < 4.78 is 1.93. The Kier molecular flexibility index (Phi) is 4.61. The third kappa shape index (κ3) is 3.43. The normalized spacial score (nSPS) is 15.2. The Labute approximate surface area is 155 Å². The highest BCUT2D eigenvalue weighted by atomic mass is 32.1. The molecule has 0 spiro atoms.